The van der Waals surface area contributed by atoms with Crippen LogP contribution in [0.3, 0.4) is 0 Å². The zero-order chi connectivity index (χ0) is 18.7. The first-order chi connectivity index (χ1) is 12.4. The SMILES string of the molecule is CCCN1CCc2ccc(NC(=O)c3ccc(C(F)(F)F)cc3)cc2C1. The van der Waals surface area contributed by atoms with Gasteiger partial charge < -0.3 is 5.32 Å². The van der Waals surface area contributed by atoms with Crippen LogP contribution in [0.5, 0.6) is 0 Å². The number of amides is 1. The summed E-state index contributed by atoms with van der Waals surface area (Å²) in [7, 11) is 0. The topological polar surface area (TPSA) is 32.3 Å². The van der Waals surface area contributed by atoms with Gasteiger partial charge in [-0.05, 0) is 66.9 Å². The number of halogens is 3. The van der Waals surface area contributed by atoms with E-state index in [2.05, 4.69) is 17.1 Å². The lowest BCUT2D eigenvalue weighted by Crippen LogP contribution is -2.31. The zero-order valence-electron chi connectivity index (χ0n) is 14.6. The van der Waals surface area contributed by atoms with E-state index in [1.807, 2.05) is 18.2 Å². The van der Waals surface area contributed by atoms with Gasteiger partial charge in [-0.1, -0.05) is 13.0 Å². The molecule has 26 heavy (non-hydrogen) atoms. The normalized spacial score (nSPS) is 14.8. The van der Waals surface area contributed by atoms with Crippen LogP contribution in [0.25, 0.3) is 0 Å². The summed E-state index contributed by atoms with van der Waals surface area (Å²) in [5.41, 5.74) is 2.56. The molecule has 1 N–H and O–H groups in total. The highest BCUT2D eigenvalue weighted by atomic mass is 19.4. The maximum absolute atomic E-state index is 12.6. The minimum atomic E-state index is -4.40. The Morgan fingerprint density at radius 1 is 1.12 bits per heavy atom. The largest absolute Gasteiger partial charge is 0.416 e. The molecule has 0 unspecified atom stereocenters. The Morgan fingerprint density at radius 2 is 1.85 bits per heavy atom. The van der Waals surface area contributed by atoms with Crippen molar-refractivity contribution in [2.45, 2.75) is 32.5 Å². The van der Waals surface area contributed by atoms with Crippen LogP contribution in [-0.4, -0.2) is 23.9 Å². The van der Waals surface area contributed by atoms with Crippen molar-refractivity contribution in [3.05, 3.63) is 64.7 Å². The molecule has 0 saturated heterocycles. The van der Waals surface area contributed by atoms with Crippen LogP contribution in [0.15, 0.2) is 42.5 Å². The summed E-state index contributed by atoms with van der Waals surface area (Å²) in [6.07, 6.45) is -2.32. The predicted molar refractivity (Wildman–Crippen MR) is 95.1 cm³/mol. The molecule has 0 radical (unpaired) electrons. The van der Waals surface area contributed by atoms with Crippen molar-refractivity contribution in [2.24, 2.45) is 0 Å². The molecular weight excluding hydrogens is 341 g/mol. The van der Waals surface area contributed by atoms with Crippen molar-refractivity contribution < 1.29 is 18.0 Å². The molecule has 0 aromatic heterocycles. The molecule has 0 saturated carbocycles. The highest BCUT2D eigenvalue weighted by molar-refractivity contribution is 6.04. The van der Waals surface area contributed by atoms with Crippen molar-refractivity contribution in [3.8, 4) is 0 Å². The Balaban J connectivity index is 1.71. The first-order valence-electron chi connectivity index (χ1n) is 8.69. The van der Waals surface area contributed by atoms with Crippen LogP contribution in [-0.2, 0) is 19.1 Å². The first kappa shape index (κ1) is 18.5. The van der Waals surface area contributed by atoms with Gasteiger partial charge in [0.25, 0.3) is 5.91 Å². The molecule has 3 rings (SSSR count). The summed E-state index contributed by atoms with van der Waals surface area (Å²) >= 11 is 0. The molecule has 1 amide bonds. The second-order valence-electron chi connectivity index (χ2n) is 6.54. The van der Waals surface area contributed by atoms with E-state index >= 15 is 0 Å². The molecule has 1 aliphatic heterocycles. The van der Waals surface area contributed by atoms with Crippen LogP contribution in [0.1, 0.15) is 40.4 Å². The van der Waals surface area contributed by atoms with E-state index in [1.54, 1.807) is 0 Å². The minimum absolute atomic E-state index is 0.198. The molecule has 0 fully saturated rings. The molecule has 2 aromatic carbocycles. The van der Waals surface area contributed by atoms with Crippen LogP contribution in [0.4, 0.5) is 18.9 Å². The number of anilines is 1. The summed E-state index contributed by atoms with van der Waals surface area (Å²) in [6, 6.07) is 10.0. The fourth-order valence-electron chi connectivity index (χ4n) is 3.21. The van der Waals surface area contributed by atoms with Crippen molar-refractivity contribution >= 4 is 11.6 Å². The molecule has 138 valence electrons. The third-order valence-electron chi connectivity index (χ3n) is 4.57. The van der Waals surface area contributed by atoms with E-state index in [-0.39, 0.29) is 5.56 Å². The average molecular weight is 362 g/mol. The molecule has 1 aliphatic rings. The Hall–Kier alpha value is -2.34. The lowest BCUT2D eigenvalue weighted by Gasteiger charge is -2.28. The number of hydrogen-bond acceptors (Lipinski definition) is 2. The summed E-state index contributed by atoms with van der Waals surface area (Å²) in [5, 5.41) is 2.77. The number of benzene rings is 2. The first-order valence-corrected chi connectivity index (χ1v) is 8.69. The Kier molecular flexibility index (Phi) is 5.32. The van der Waals surface area contributed by atoms with Gasteiger partial charge in [0.05, 0.1) is 5.56 Å². The Bertz CT molecular complexity index is 785. The third-order valence-corrected chi connectivity index (χ3v) is 4.57. The fraction of sp³-hybridized carbons (Fsp3) is 0.350. The quantitative estimate of drug-likeness (QED) is 0.853. The molecule has 1 heterocycles. The highest BCUT2D eigenvalue weighted by Crippen LogP contribution is 2.29. The van der Waals surface area contributed by atoms with Crippen molar-refractivity contribution in [1.82, 2.24) is 4.90 Å². The van der Waals surface area contributed by atoms with Gasteiger partial charge in [-0.2, -0.15) is 13.2 Å². The van der Waals surface area contributed by atoms with E-state index in [0.29, 0.717) is 5.69 Å². The molecule has 0 aliphatic carbocycles. The molecule has 2 aromatic rings. The van der Waals surface area contributed by atoms with E-state index in [0.717, 1.165) is 44.6 Å². The number of alkyl halides is 3. The van der Waals surface area contributed by atoms with Gasteiger partial charge in [-0.15, -0.1) is 0 Å². The predicted octanol–water partition coefficient (Wildman–Crippen LogP) is 4.73. The smallest absolute Gasteiger partial charge is 0.322 e. The summed E-state index contributed by atoms with van der Waals surface area (Å²) in [6.45, 7) is 5.09. The van der Waals surface area contributed by atoms with Crippen molar-refractivity contribution in [1.29, 1.82) is 0 Å². The van der Waals surface area contributed by atoms with Crippen LogP contribution >= 0.6 is 0 Å². The molecule has 6 heteroatoms. The number of fused-ring (bicyclic) bond motifs is 1. The van der Waals surface area contributed by atoms with Gasteiger partial charge >= 0.3 is 6.18 Å². The van der Waals surface area contributed by atoms with Gasteiger partial charge in [0, 0.05) is 24.3 Å². The third kappa shape index (κ3) is 4.25. The second-order valence-corrected chi connectivity index (χ2v) is 6.54. The lowest BCUT2D eigenvalue weighted by molar-refractivity contribution is -0.137. The van der Waals surface area contributed by atoms with Gasteiger partial charge in [-0.25, -0.2) is 0 Å². The number of carbonyl (C=O) groups is 1. The number of nitrogens with zero attached hydrogens (tertiary/aromatic N) is 1. The molecule has 0 spiro atoms. The Morgan fingerprint density at radius 3 is 2.50 bits per heavy atom. The van der Waals surface area contributed by atoms with Crippen molar-refractivity contribution in [3.63, 3.8) is 0 Å². The standard InChI is InChI=1S/C20H21F3N2O/c1-2-10-25-11-9-14-5-8-18(12-16(14)13-25)24-19(26)15-3-6-17(7-4-15)20(21,22)23/h3-8,12H,2,9-11,13H2,1H3,(H,24,26). The second kappa shape index (κ2) is 7.50. The monoisotopic (exact) mass is 362 g/mol. The summed E-state index contributed by atoms with van der Waals surface area (Å²) < 4.78 is 37.8. The van der Waals surface area contributed by atoms with Gasteiger partial charge in [0.1, 0.15) is 0 Å². The zero-order valence-corrected chi connectivity index (χ0v) is 14.6. The van der Waals surface area contributed by atoms with Gasteiger partial charge in [0.15, 0.2) is 0 Å². The summed E-state index contributed by atoms with van der Waals surface area (Å²) in [4.78, 5) is 14.7. The molecule has 3 nitrogen and oxygen atoms in total. The number of nitrogens with one attached hydrogen (secondary N) is 1. The van der Waals surface area contributed by atoms with Crippen LogP contribution in [0.2, 0.25) is 0 Å². The molecular formula is C20H21F3N2O. The molecule has 0 atom stereocenters. The Labute approximate surface area is 150 Å². The van der Waals surface area contributed by atoms with E-state index < -0.39 is 17.6 Å². The highest BCUT2D eigenvalue weighted by Gasteiger charge is 2.30. The van der Waals surface area contributed by atoms with Crippen LogP contribution in [0, 0.1) is 0 Å². The molecule has 0 bridgehead atoms. The van der Waals surface area contributed by atoms with Gasteiger partial charge in [-0.3, -0.25) is 9.69 Å². The average Bonchev–Trinajstić information content (AvgIpc) is 2.61. The van der Waals surface area contributed by atoms with Crippen molar-refractivity contribution in [2.75, 3.05) is 18.4 Å². The summed E-state index contributed by atoms with van der Waals surface area (Å²) in [5.74, 6) is -0.417. The number of rotatable bonds is 4. The maximum atomic E-state index is 12.6. The number of hydrogen-bond donors (Lipinski definition) is 1. The van der Waals surface area contributed by atoms with E-state index in [1.165, 1.54) is 23.3 Å². The van der Waals surface area contributed by atoms with E-state index in [4.69, 9.17) is 0 Å². The van der Waals surface area contributed by atoms with E-state index in [9.17, 15) is 18.0 Å². The maximum Gasteiger partial charge on any atom is 0.416 e. The lowest BCUT2D eigenvalue weighted by atomic mass is 9.99. The fourth-order valence-corrected chi connectivity index (χ4v) is 3.21. The van der Waals surface area contributed by atoms with Crippen LogP contribution < -0.4 is 5.32 Å². The van der Waals surface area contributed by atoms with Gasteiger partial charge in [0.2, 0.25) is 0 Å². The number of carbonyl (C=O) groups excluding carboxylic acids is 1. The minimum Gasteiger partial charge on any atom is -0.322 e.